The summed E-state index contributed by atoms with van der Waals surface area (Å²) in [5, 5.41) is 3.23. The minimum absolute atomic E-state index is 0.00528. The molecule has 0 aliphatic carbocycles. The van der Waals surface area contributed by atoms with E-state index in [4.69, 9.17) is 11.6 Å². The van der Waals surface area contributed by atoms with Gasteiger partial charge in [-0.3, -0.25) is 0 Å². The molecule has 0 spiro atoms. The van der Waals surface area contributed by atoms with Gasteiger partial charge in [0, 0.05) is 10.7 Å². The SMILES string of the molecule is CCC(Nc1cc(Cl)ccc1C(F)(F)F)c1ccccc1. The number of hydrogen-bond acceptors (Lipinski definition) is 1. The predicted molar refractivity (Wildman–Crippen MR) is 79.6 cm³/mol. The maximum absolute atomic E-state index is 13.1. The lowest BCUT2D eigenvalue weighted by molar-refractivity contribution is -0.137. The molecule has 1 N–H and O–H groups in total. The molecule has 2 aromatic rings. The van der Waals surface area contributed by atoms with Crippen molar-refractivity contribution in [2.45, 2.75) is 25.6 Å². The van der Waals surface area contributed by atoms with Gasteiger partial charge < -0.3 is 5.32 Å². The maximum atomic E-state index is 13.1. The summed E-state index contributed by atoms with van der Waals surface area (Å²) in [7, 11) is 0. The first-order chi connectivity index (χ1) is 9.91. The molecule has 2 rings (SSSR count). The monoisotopic (exact) mass is 313 g/mol. The number of halogens is 4. The van der Waals surface area contributed by atoms with Gasteiger partial charge in [-0.05, 0) is 30.2 Å². The quantitative estimate of drug-likeness (QED) is 0.738. The average Bonchev–Trinajstić information content (AvgIpc) is 2.44. The third-order valence-electron chi connectivity index (χ3n) is 3.23. The molecule has 2 aromatic carbocycles. The van der Waals surface area contributed by atoms with Crippen LogP contribution >= 0.6 is 11.6 Å². The first-order valence-electron chi connectivity index (χ1n) is 6.60. The van der Waals surface area contributed by atoms with Crippen molar-refractivity contribution in [1.82, 2.24) is 0 Å². The van der Waals surface area contributed by atoms with E-state index in [0.29, 0.717) is 6.42 Å². The van der Waals surface area contributed by atoms with Gasteiger partial charge in [-0.15, -0.1) is 0 Å². The molecule has 0 aromatic heterocycles. The molecule has 0 bridgehead atoms. The number of benzene rings is 2. The van der Waals surface area contributed by atoms with E-state index >= 15 is 0 Å². The second kappa shape index (κ2) is 6.39. The third-order valence-corrected chi connectivity index (χ3v) is 3.46. The lowest BCUT2D eigenvalue weighted by Crippen LogP contribution is -2.15. The number of hydrogen-bond donors (Lipinski definition) is 1. The summed E-state index contributed by atoms with van der Waals surface area (Å²) in [6.45, 7) is 1.92. The lowest BCUT2D eigenvalue weighted by Gasteiger charge is -2.22. The minimum Gasteiger partial charge on any atom is -0.378 e. The zero-order valence-electron chi connectivity index (χ0n) is 11.4. The minimum atomic E-state index is -4.41. The Morgan fingerprint density at radius 2 is 1.76 bits per heavy atom. The second-order valence-electron chi connectivity index (χ2n) is 4.70. The summed E-state index contributed by atoms with van der Waals surface area (Å²) in [5.74, 6) is 0. The summed E-state index contributed by atoms with van der Waals surface area (Å²) in [6.07, 6.45) is -3.75. The van der Waals surface area contributed by atoms with Gasteiger partial charge in [-0.2, -0.15) is 13.2 Å². The van der Waals surface area contributed by atoms with Crippen LogP contribution in [0.1, 0.15) is 30.5 Å². The third kappa shape index (κ3) is 3.91. The number of nitrogens with one attached hydrogen (secondary N) is 1. The molecule has 0 amide bonds. The molecule has 21 heavy (non-hydrogen) atoms. The van der Waals surface area contributed by atoms with Crippen molar-refractivity contribution < 1.29 is 13.2 Å². The molecule has 0 heterocycles. The molecule has 5 heteroatoms. The van der Waals surface area contributed by atoms with Crippen LogP contribution < -0.4 is 5.32 Å². The summed E-state index contributed by atoms with van der Waals surface area (Å²) in [5.41, 5.74) is 0.236. The van der Waals surface area contributed by atoms with Gasteiger partial charge in [0.25, 0.3) is 0 Å². The summed E-state index contributed by atoms with van der Waals surface area (Å²) < 4.78 is 39.2. The highest BCUT2D eigenvalue weighted by Crippen LogP contribution is 2.38. The fourth-order valence-corrected chi connectivity index (χ4v) is 2.35. The van der Waals surface area contributed by atoms with Crippen molar-refractivity contribution >= 4 is 17.3 Å². The van der Waals surface area contributed by atoms with Crippen molar-refractivity contribution in [2.24, 2.45) is 0 Å². The zero-order chi connectivity index (χ0) is 15.5. The van der Waals surface area contributed by atoms with Crippen LogP contribution in [-0.4, -0.2) is 0 Å². The Balaban J connectivity index is 2.35. The van der Waals surface area contributed by atoms with Crippen molar-refractivity contribution in [3.63, 3.8) is 0 Å². The van der Waals surface area contributed by atoms with Gasteiger partial charge >= 0.3 is 6.18 Å². The van der Waals surface area contributed by atoms with Gasteiger partial charge in [-0.1, -0.05) is 48.9 Å². The molecule has 0 saturated heterocycles. The molecule has 0 aliphatic rings. The number of alkyl halides is 3. The van der Waals surface area contributed by atoms with Crippen LogP contribution in [0, 0.1) is 0 Å². The molecular weight excluding hydrogens is 299 g/mol. The largest absolute Gasteiger partial charge is 0.418 e. The van der Waals surface area contributed by atoms with Crippen LogP contribution in [0.4, 0.5) is 18.9 Å². The molecule has 0 saturated carbocycles. The van der Waals surface area contributed by atoms with Crippen LogP contribution in [0.5, 0.6) is 0 Å². The standard InChI is InChI=1S/C16H15ClF3N/c1-2-14(11-6-4-3-5-7-11)21-15-10-12(17)8-9-13(15)16(18,19)20/h3-10,14,21H,2H2,1H3. The van der Waals surface area contributed by atoms with Gasteiger partial charge in [0.05, 0.1) is 11.6 Å². The first kappa shape index (κ1) is 15.7. The highest BCUT2D eigenvalue weighted by molar-refractivity contribution is 6.30. The van der Waals surface area contributed by atoms with E-state index in [1.54, 1.807) is 0 Å². The van der Waals surface area contributed by atoms with E-state index in [2.05, 4.69) is 5.32 Å². The predicted octanol–water partition coefficient (Wildman–Crippen LogP) is 5.92. The molecule has 1 nitrogen and oxygen atoms in total. The Kier molecular flexibility index (Phi) is 4.78. The highest BCUT2D eigenvalue weighted by atomic mass is 35.5. The molecule has 1 atom stereocenters. The fraction of sp³-hybridized carbons (Fsp3) is 0.250. The Morgan fingerprint density at radius 1 is 1.10 bits per heavy atom. The Hall–Kier alpha value is -1.68. The topological polar surface area (TPSA) is 12.0 Å². The Bertz CT molecular complexity index is 596. The molecule has 112 valence electrons. The average molecular weight is 314 g/mol. The molecule has 0 fully saturated rings. The van der Waals surface area contributed by atoms with Gasteiger partial charge in [-0.25, -0.2) is 0 Å². The van der Waals surface area contributed by atoms with Crippen molar-refractivity contribution in [3.8, 4) is 0 Å². The van der Waals surface area contributed by atoms with Crippen LogP contribution in [0.3, 0.4) is 0 Å². The highest BCUT2D eigenvalue weighted by Gasteiger charge is 2.34. The van der Waals surface area contributed by atoms with Crippen molar-refractivity contribution in [2.75, 3.05) is 5.32 Å². The van der Waals surface area contributed by atoms with E-state index < -0.39 is 11.7 Å². The van der Waals surface area contributed by atoms with Crippen LogP contribution in [0.25, 0.3) is 0 Å². The summed E-state index contributed by atoms with van der Waals surface area (Å²) in [6, 6.07) is 12.7. The fourth-order valence-electron chi connectivity index (χ4n) is 2.18. The molecule has 1 unspecified atom stereocenters. The van der Waals surface area contributed by atoms with Crippen LogP contribution in [-0.2, 0) is 6.18 Å². The van der Waals surface area contributed by atoms with E-state index in [-0.39, 0.29) is 16.8 Å². The summed E-state index contributed by atoms with van der Waals surface area (Å²) >= 11 is 5.83. The second-order valence-corrected chi connectivity index (χ2v) is 5.14. The number of anilines is 1. The maximum Gasteiger partial charge on any atom is 0.418 e. The van der Waals surface area contributed by atoms with Crippen molar-refractivity contribution in [1.29, 1.82) is 0 Å². The van der Waals surface area contributed by atoms with Crippen LogP contribution in [0.2, 0.25) is 5.02 Å². The molecule has 0 aliphatic heterocycles. The Morgan fingerprint density at radius 3 is 2.33 bits per heavy atom. The number of rotatable bonds is 4. The summed E-state index contributed by atoms with van der Waals surface area (Å²) in [4.78, 5) is 0. The Labute approximate surface area is 126 Å². The zero-order valence-corrected chi connectivity index (χ0v) is 12.2. The van der Waals surface area contributed by atoms with E-state index in [0.717, 1.165) is 11.6 Å². The smallest absolute Gasteiger partial charge is 0.378 e. The van der Waals surface area contributed by atoms with Gasteiger partial charge in [0.2, 0.25) is 0 Å². The molecular formula is C16H15ClF3N. The molecule has 0 radical (unpaired) electrons. The normalized spacial score (nSPS) is 13.0. The van der Waals surface area contributed by atoms with Crippen LogP contribution in [0.15, 0.2) is 48.5 Å². The van der Waals surface area contributed by atoms with E-state index in [1.807, 2.05) is 37.3 Å². The lowest BCUT2D eigenvalue weighted by atomic mass is 10.0. The van der Waals surface area contributed by atoms with E-state index in [1.165, 1.54) is 12.1 Å². The van der Waals surface area contributed by atoms with Crippen molar-refractivity contribution in [3.05, 3.63) is 64.7 Å². The van der Waals surface area contributed by atoms with Gasteiger partial charge in [0.1, 0.15) is 0 Å². The van der Waals surface area contributed by atoms with Gasteiger partial charge in [0.15, 0.2) is 0 Å². The first-order valence-corrected chi connectivity index (χ1v) is 6.98. The van der Waals surface area contributed by atoms with E-state index in [9.17, 15) is 13.2 Å².